The van der Waals surface area contributed by atoms with Crippen molar-refractivity contribution in [3.63, 3.8) is 0 Å². The number of carboxylic acid groups (broad SMARTS) is 2. The maximum absolute atomic E-state index is 11.2. The molecule has 0 heterocycles. The number of carbonyl (C=O) groups is 2. The highest BCUT2D eigenvalue weighted by Gasteiger charge is 2.27. The summed E-state index contributed by atoms with van der Waals surface area (Å²) in [6, 6.07) is 6.13. The molecule has 0 saturated carbocycles. The van der Waals surface area contributed by atoms with E-state index in [0.29, 0.717) is 5.56 Å². The molecule has 1 aromatic rings. The lowest BCUT2D eigenvalue weighted by molar-refractivity contribution is 0.0696. The molecule has 0 aliphatic heterocycles. The molecule has 0 aliphatic carbocycles. The third kappa shape index (κ3) is 17.4. The molecule has 0 aliphatic rings. The summed E-state index contributed by atoms with van der Waals surface area (Å²) in [7, 11) is -3.62. The fourth-order valence-corrected chi connectivity index (χ4v) is 4.07. The van der Waals surface area contributed by atoms with Crippen molar-refractivity contribution in [2.45, 2.75) is 79.5 Å². The number of nitrogens with two attached hydrogens (primary N) is 1. The van der Waals surface area contributed by atoms with Gasteiger partial charge in [0.05, 0.1) is 36.8 Å². The molecule has 1 unspecified atom stereocenters. The zero-order chi connectivity index (χ0) is 27.6. The minimum Gasteiger partial charge on any atom is -0.478 e. The highest BCUT2D eigenvalue weighted by molar-refractivity contribution is 7.44. The third-order valence-electron chi connectivity index (χ3n) is 3.99. The number of nitrogens with zero attached hydrogens (tertiary/aromatic N) is 2. The molecule has 0 amide bonds. The lowest BCUT2D eigenvalue weighted by Gasteiger charge is -2.35. The SMILES string of the molecule is CC(C)N(C(C)C)P(OCCC#N)OCc1cc(C(=O)O)cc(C(=O)O)c1.CCCC.NP(O)O. The Morgan fingerprint density at radius 1 is 1.00 bits per heavy atom. The molecule has 1 atom stereocenters. The van der Waals surface area contributed by atoms with E-state index in [1.54, 1.807) is 0 Å². The molecule has 0 spiro atoms. The second-order valence-electron chi connectivity index (χ2n) is 7.67. The van der Waals surface area contributed by atoms with Gasteiger partial charge in [0.25, 0.3) is 8.53 Å². The van der Waals surface area contributed by atoms with E-state index in [1.807, 2.05) is 38.4 Å². The Morgan fingerprint density at radius 3 is 1.74 bits per heavy atom. The van der Waals surface area contributed by atoms with Crippen molar-refractivity contribution in [1.82, 2.24) is 4.67 Å². The van der Waals surface area contributed by atoms with E-state index in [4.69, 9.17) is 24.1 Å². The van der Waals surface area contributed by atoms with Crippen LogP contribution in [0.3, 0.4) is 0 Å². The number of benzene rings is 1. The van der Waals surface area contributed by atoms with E-state index in [-0.39, 0.29) is 42.8 Å². The van der Waals surface area contributed by atoms with Gasteiger partial charge >= 0.3 is 11.9 Å². The van der Waals surface area contributed by atoms with Gasteiger partial charge in [0.1, 0.15) is 0 Å². The van der Waals surface area contributed by atoms with Gasteiger partial charge in [-0.1, -0.05) is 26.7 Å². The van der Waals surface area contributed by atoms with Gasteiger partial charge in [0, 0.05) is 12.1 Å². The molecule has 11 nitrogen and oxygen atoms in total. The summed E-state index contributed by atoms with van der Waals surface area (Å²) in [5.74, 6) is -2.42. The number of hydrogen-bond acceptors (Lipinski definition) is 9. The highest BCUT2D eigenvalue weighted by atomic mass is 31.2. The van der Waals surface area contributed by atoms with Gasteiger partial charge in [-0.25, -0.2) is 14.3 Å². The van der Waals surface area contributed by atoms with E-state index in [0.717, 1.165) is 6.07 Å². The van der Waals surface area contributed by atoms with Crippen LogP contribution in [-0.2, 0) is 15.7 Å². The quantitative estimate of drug-likeness (QED) is 0.182. The normalized spacial score (nSPS) is 11.4. The Morgan fingerprint density at radius 2 is 1.43 bits per heavy atom. The van der Waals surface area contributed by atoms with Crippen molar-refractivity contribution in [1.29, 1.82) is 5.26 Å². The van der Waals surface area contributed by atoms with Crippen molar-refractivity contribution in [3.8, 4) is 6.07 Å². The van der Waals surface area contributed by atoms with Crippen LogP contribution in [0.25, 0.3) is 0 Å². The summed E-state index contributed by atoms with van der Waals surface area (Å²) in [5, 5.41) is 27.1. The van der Waals surface area contributed by atoms with Crippen molar-refractivity contribution in [2.24, 2.45) is 5.50 Å². The number of rotatable bonds is 12. The number of hydrogen-bond donors (Lipinski definition) is 5. The van der Waals surface area contributed by atoms with Crippen molar-refractivity contribution < 1.29 is 38.6 Å². The molecule has 0 radical (unpaired) electrons. The van der Waals surface area contributed by atoms with Crippen LogP contribution in [0.15, 0.2) is 18.2 Å². The van der Waals surface area contributed by atoms with E-state index >= 15 is 0 Å². The van der Waals surface area contributed by atoms with Gasteiger partial charge in [-0.15, -0.1) is 0 Å². The highest BCUT2D eigenvalue weighted by Crippen LogP contribution is 2.46. The van der Waals surface area contributed by atoms with Gasteiger partial charge in [0.15, 0.2) is 0 Å². The molecule has 1 aromatic carbocycles. The molecule has 1 rings (SSSR count). The molecule has 200 valence electrons. The zero-order valence-corrected chi connectivity index (χ0v) is 23.0. The van der Waals surface area contributed by atoms with Gasteiger partial charge < -0.3 is 29.0 Å². The second kappa shape index (κ2) is 20.5. The monoisotopic (exact) mass is 535 g/mol. The summed E-state index contributed by atoms with van der Waals surface area (Å²) in [5.41, 5.74) is 4.48. The minimum absolute atomic E-state index is 0.00437. The first-order valence-corrected chi connectivity index (χ1v) is 13.5. The summed E-state index contributed by atoms with van der Waals surface area (Å²) < 4.78 is 13.7. The molecule has 0 saturated heterocycles. The summed E-state index contributed by atoms with van der Waals surface area (Å²) >= 11 is 0. The average Bonchev–Trinajstić information content (AvgIpc) is 2.76. The molecule has 6 N–H and O–H groups in total. The smallest absolute Gasteiger partial charge is 0.335 e. The lowest BCUT2D eigenvalue weighted by Crippen LogP contribution is -2.33. The fourth-order valence-electron chi connectivity index (χ4n) is 2.47. The molecule has 0 bridgehead atoms. The largest absolute Gasteiger partial charge is 0.478 e. The Kier molecular flexibility index (Phi) is 20.7. The lowest BCUT2D eigenvalue weighted by atomic mass is 10.1. The Hall–Kier alpha value is -1.73. The summed E-state index contributed by atoms with van der Waals surface area (Å²) in [6.45, 7) is 12.6. The van der Waals surface area contributed by atoms with Crippen LogP contribution in [0.1, 0.15) is 87.1 Å². The van der Waals surface area contributed by atoms with E-state index in [2.05, 4.69) is 19.4 Å². The molecule has 35 heavy (non-hydrogen) atoms. The fraction of sp³-hybridized carbons (Fsp3) is 0.591. The predicted octanol–water partition coefficient (Wildman–Crippen LogP) is 4.84. The van der Waals surface area contributed by atoms with Crippen LogP contribution in [0.4, 0.5) is 0 Å². The van der Waals surface area contributed by atoms with Gasteiger partial charge in [-0.05, 0) is 51.5 Å². The first-order chi connectivity index (χ1) is 16.3. The first kappa shape index (κ1) is 35.4. The Labute approximate surface area is 210 Å². The number of unbranched alkanes of at least 4 members (excludes halogenated alkanes) is 1. The molecule has 0 aromatic heterocycles. The number of aromatic carboxylic acids is 2. The predicted molar refractivity (Wildman–Crippen MR) is 136 cm³/mol. The van der Waals surface area contributed by atoms with Crippen LogP contribution < -0.4 is 5.50 Å². The van der Waals surface area contributed by atoms with Gasteiger partial charge in [-0.2, -0.15) is 5.26 Å². The summed E-state index contributed by atoms with van der Waals surface area (Å²) in [6.07, 6.45) is 2.86. The van der Waals surface area contributed by atoms with Crippen LogP contribution in [-0.4, -0.2) is 55.3 Å². The van der Waals surface area contributed by atoms with E-state index in [9.17, 15) is 19.8 Å². The molecule has 0 fully saturated rings. The van der Waals surface area contributed by atoms with Crippen molar-refractivity contribution in [3.05, 3.63) is 34.9 Å². The average molecular weight is 536 g/mol. The maximum atomic E-state index is 11.2. The number of carboxylic acids is 2. The molecular formula is C22H39N3O8P2. The Balaban J connectivity index is 0. The molecular weight excluding hydrogens is 496 g/mol. The van der Waals surface area contributed by atoms with Crippen LogP contribution in [0.5, 0.6) is 0 Å². The minimum atomic E-state index is -2.12. The molecule has 13 heteroatoms. The second-order valence-corrected chi connectivity index (χ2v) is 9.76. The van der Waals surface area contributed by atoms with Crippen LogP contribution >= 0.6 is 17.1 Å². The number of nitriles is 1. The van der Waals surface area contributed by atoms with Crippen molar-refractivity contribution >= 4 is 29.0 Å². The topological polar surface area (TPSA) is 187 Å². The third-order valence-corrected chi connectivity index (χ3v) is 6.04. The summed E-state index contributed by atoms with van der Waals surface area (Å²) in [4.78, 5) is 37.4. The van der Waals surface area contributed by atoms with Gasteiger partial charge in [-0.3, -0.25) is 5.50 Å². The Bertz CT molecular complexity index is 743. The van der Waals surface area contributed by atoms with E-state index < -0.39 is 29.0 Å². The van der Waals surface area contributed by atoms with E-state index in [1.165, 1.54) is 25.0 Å². The van der Waals surface area contributed by atoms with Crippen LogP contribution in [0.2, 0.25) is 0 Å². The zero-order valence-electron chi connectivity index (χ0n) is 21.2. The standard InChI is InChI=1S/C18H25N2O6P.C4H10.H4NO2P/c1-12(2)20(13(3)4)27(25-7-5-6-19)26-11-14-8-15(17(21)22)10-16(9-14)18(23)24;1-3-4-2;1-4(2)3/h8-10,12-13H,5,7,11H2,1-4H3,(H,21,22)(H,23,24);3-4H2,1-2H3;2-3H,1H2. The van der Waals surface area contributed by atoms with Crippen molar-refractivity contribution in [2.75, 3.05) is 6.61 Å². The van der Waals surface area contributed by atoms with Crippen LogP contribution in [0, 0.1) is 11.3 Å². The maximum Gasteiger partial charge on any atom is 0.335 e. The van der Waals surface area contributed by atoms with Gasteiger partial charge in [0.2, 0.25) is 8.53 Å². The first-order valence-electron chi connectivity index (χ1n) is 11.1.